The average Bonchev–Trinajstić information content (AvgIpc) is 2.69. The molecule has 0 aliphatic heterocycles. The minimum atomic E-state index is 1.21. The maximum atomic E-state index is 2.23. The van der Waals surface area contributed by atoms with E-state index in [0.717, 1.165) is 0 Å². The van der Waals surface area contributed by atoms with Crippen LogP contribution in [-0.4, -0.2) is 42.3 Å². The molecule has 146 valence electrons. The number of quaternary nitrogens is 1. The number of benzene rings is 3. The average molecular weight is 374 g/mol. The van der Waals surface area contributed by atoms with Crippen LogP contribution in [0.5, 0.6) is 0 Å². The minimum Gasteiger partial charge on any atom is -0.378 e. The summed E-state index contributed by atoms with van der Waals surface area (Å²) in [6, 6.07) is 26.5. The van der Waals surface area contributed by atoms with E-state index in [1.807, 2.05) is 0 Å². The van der Waals surface area contributed by atoms with Gasteiger partial charge in [-0.1, -0.05) is 83.3 Å². The zero-order chi connectivity index (χ0) is 20.3. The van der Waals surface area contributed by atoms with Crippen LogP contribution in [0, 0.1) is 5.92 Å². The first-order chi connectivity index (χ1) is 13.4. The molecule has 0 aliphatic rings. The highest BCUT2D eigenvalue weighted by Crippen LogP contribution is 2.33. The molecule has 0 amide bonds. The summed E-state index contributed by atoms with van der Waals surface area (Å²) in [5, 5.41) is 0. The van der Waals surface area contributed by atoms with E-state index < -0.39 is 0 Å². The lowest BCUT2D eigenvalue weighted by atomic mass is 9.85. The summed E-state index contributed by atoms with van der Waals surface area (Å²) in [5.41, 5.74) is 7.39. The van der Waals surface area contributed by atoms with E-state index in [-0.39, 0.29) is 0 Å². The van der Waals surface area contributed by atoms with E-state index in [2.05, 4.69) is 125 Å². The zero-order valence-electron chi connectivity index (χ0n) is 17.8. The Balaban J connectivity index is 2.04. The predicted molar refractivity (Wildman–Crippen MR) is 121 cm³/mol. The van der Waals surface area contributed by atoms with Crippen molar-refractivity contribution in [2.75, 3.05) is 52.1 Å². The molecular weight excluding hydrogens is 342 g/mol. The van der Waals surface area contributed by atoms with Gasteiger partial charge in [-0.15, -0.1) is 0 Å². The van der Waals surface area contributed by atoms with E-state index in [1.165, 1.54) is 44.6 Å². The largest absolute Gasteiger partial charge is 0.378 e. The molecule has 0 heterocycles. The number of hydrogen-bond donors (Lipinski definition) is 1. The van der Waals surface area contributed by atoms with Crippen molar-refractivity contribution in [3.8, 4) is 0 Å². The summed E-state index contributed by atoms with van der Waals surface area (Å²) in [6.07, 6.45) is 0. The Morgan fingerprint density at radius 2 is 0.857 bits per heavy atom. The first-order valence-electron chi connectivity index (χ1n) is 9.70. The third-order valence-electron chi connectivity index (χ3n) is 5.10. The molecule has 3 rings (SSSR count). The van der Waals surface area contributed by atoms with Gasteiger partial charge in [0, 0.05) is 39.6 Å². The van der Waals surface area contributed by atoms with Crippen LogP contribution in [0.2, 0.25) is 0 Å². The van der Waals surface area contributed by atoms with Gasteiger partial charge in [0.15, 0.2) is 0 Å². The van der Waals surface area contributed by atoms with Crippen LogP contribution in [0.4, 0.5) is 17.1 Å². The van der Waals surface area contributed by atoms with Gasteiger partial charge in [0.25, 0.3) is 0 Å². The lowest BCUT2D eigenvalue weighted by Gasteiger charge is -2.27. The number of nitrogens with zero attached hydrogens (tertiary/aromatic N) is 2. The van der Waals surface area contributed by atoms with Crippen molar-refractivity contribution in [3.05, 3.63) is 95.4 Å². The van der Waals surface area contributed by atoms with Crippen molar-refractivity contribution in [2.24, 2.45) is 0 Å². The van der Waals surface area contributed by atoms with E-state index in [1.54, 1.807) is 0 Å². The molecule has 0 spiro atoms. The Kier molecular flexibility index (Phi) is 5.96. The first kappa shape index (κ1) is 19.8. The van der Waals surface area contributed by atoms with Gasteiger partial charge in [0.2, 0.25) is 0 Å². The Labute approximate surface area is 169 Å². The highest BCUT2D eigenvalue weighted by Gasteiger charge is 2.12. The van der Waals surface area contributed by atoms with E-state index in [9.17, 15) is 0 Å². The molecular formula is C25H31N3. The second-order valence-corrected chi connectivity index (χ2v) is 7.83. The fourth-order valence-electron chi connectivity index (χ4n) is 3.32. The van der Waals surface area contributed by atoms with Gasteiger partial charge in [-0.25, -0.2) is 0 Å². The van der Waals surface area contributed by atoms with Gasteiger partial charge >= 0.3 is 0 Å². The minimum absolute atomic E-state index is 1.21. The molecule has 3 heteroatoms. The SMILES string of the molecule is CN(C)c1ccc([C-](c2ccc(N(C)C)cc2)c2ccc([NH+](C)C)cc2)cc1. The summed E-state index contributed by atoms with van der Waals surface area (Å²) < 4.78 is 0. The van der Waals surface area contributed by atoms with Crippen LogP contribution in [-0.2, 0) is 0 Å². The molecule has 0 aliphatic carbocycles. The predicted octanol–water partition coefficient (Wildman–Crippen LogP) is 3.61. The fourth-order valence-corrected chi connectivity index (χ4v) is 3.32. The van der Waals surface area contributed by atoms with Gasteiger partial charge in [0.1, 0.15) is 5.69 Å². The van der Waals surface area contributed by atoms with Crippen molar-refractivity contribution in [2.45, 2.75) is 0 Å². The van der Waals surface area contributed by atoms with Crippen LogP contribution >= 0.6 is 0 Å². The van der Waals surface area contributed by atoms with Crippen LogP contribution in [0.1, 0.15) is 16.7 Å². The van der Waals surface area contributed by atoms with Crippen molar-refractivity contribution in [3.63, 3.8) is 0 Å². The Morgan fingerprint density at radius 1 is 0.536 bits per heavy atom. The van der Waals surface area contributed by atoms with Crippen LogP contribution in [0.3, 0.4) is 0 Å². The Hall–Kier alpha value is -2.91. The standard InChI is InChI=1S/C25H30N3/c1-26(2)22-13-7-19(8-14-22)25(20-9-15-23(16-10-20)27(3)4)21-11-17-24(18-12-21)28(5)6/h7-18H,1-6H3/q-1/p+1. The molecule has 0 fully saturated rings. The van der Waals surface area contributed by atoms with Gasteiger partial charge in [-0.05, 0) is 12.1 Å². The lowest BCUT2D eigenvalue weighted by Crippen LogP contribution is -3.00. The molecule has 1 N–H and O–H groups in total. The summed E-state index contributed by atoms with van der Waals surface area (Å²) in [4.78, 5) is 5.59. The molecule has 0 saturated carbocycles. The molecule has 0 saturated heterocycles. The monoisotopic (exact) mass is 373 g/mol. The normalized spacial score (nSPS) is 10.8. The van der Waals surface area contributed by atoms with Crippen LogP contribution in [0.25, 0.3) is 0 Å². The van der Waals surface area contributed by atoms with Crippen molar-refractivity contribution >= 4 is 17.1 Å². The molecule has 0 radical (unpaired) electrons. The highest BCUT2D eigenvalue weighted by atomic mass is 15.1. The molecule has 3 nitrogen and oxygen atoms in total. The Morgan fingerprint density at radius 3 is 1.14 bits per heavy atom. The molecule has 0 atom stereocenters. The van der Waals surface area contributed by atoms with Crippen molar-refractivity contribution < 1.29 is 4.90 Å². The summed E-state index contributed by atoms with van der Waals surface area (Å²) >= 11 is 0. The maximum absolute atomic E-state index is 2.23. The van der Waals surface area contributed by atoms with E-state index >= 15 is 0 Å². The molecule has 0 bridgehead atoms. The summed E-state index contributed by atoms with van der Waals surface area (Å²) in [5.74, 6) is 1.26. The number of anilines is 2. The summed E-state index contributed by atoms with van der Waals surface area (Å²) in [7, 11) is 12.6. The van der Waals surface area contributed by atoms with Gasteiger partial charge in [-0.3, -0.25) is 0 Å². The second-order valence-electron chi connectivity index (χ2n) is 7.83. The fraction of sp³-hybridized carbons (Fsp3) is 0.240. The number of rotatable bonds is 6. The number of hydrogen-bond acceptors (Lipinski definition) is 2. The van der Waals surface area contributed by atoms with E-state index in [4.69, 9.17) is 0 Å². The topological polar surface area (TPSA) is 10.9 Å². The van der Waals surface area contributed by atoms with Crippen molar-refractivity contribution in [1.29, 1.82) is 0 Å². The maximum Gasteiger partial charge on any atom is 0.120 e. The molecule has 0 unspecified atom stereocenters. The Bertz CT molecular complexity index is 754. The van der Waals surface area contributed by atoms with Gasteiger partial charge in [-0.2, -0.15) is 0 Å². The van der Waals surface area contributed by atoms with Gasteiger partial charge < -0.3 is 14.7 Å². The highest BCUT2D eigenvalue weighted by molar-refractivity contribution is 5.62. The van der Waals surface area contributed by atoms with Crippen molar-refractivity contribution in [1.82, 2.24) is 0 Å². The molecule has 0 aromatic heterocycles. The first-order valence-corrected chi connectivity index (χ1v) is 9.70. The summed E-state index contributed by atoms with van der Waals surface area (Å²) in [6.45, 7) is 0. The van der Waals surface area contributed by atoms with Gasteiger partial charge in [0.05, 0.1) is 14.1 Å². The zero-order valence-corrected chi connectivity index (χ0v) is 17.8. The molecule has 3 aromatic carbocycles. The third-order valence-corrected chi connectivity index (χ3v) is 5.10. The van der Waals surface area contributed by atoms with Crippen LogP contribution in [0.15, 0.2) is 72.8 Å². The van der Waals surface area contributed by atoms with Crippen LogP contribution < -0.4 is 14.7 Å². The smallest absolute Gasteiger partial charge is 0.120 e. The number of nitrogens with one attached hydrogen (secondary N) is 1. The quantitative estimate of drug-likeness (QED) is 0.523. The second kappa shape index (κ2) is 8.41. The lowest BCUT2D eigenvalue weighted by molar-refractivity contribution is -0.786. The molecule has 3 aromatic rings. The van der Waals surface area contributed by atoms with E-state index in [0.29, 0.717) is 0 Å². The molecule has 28 heavy (non-hydrogen) atoms. The third kappa shape index (κ3) is 4.32.